The highest BCUT2D eigenvalue weighted by atomic mass is 15.3. The number of rotatable bonds is 6. The fourth-order valence-electron chi connectivity index (χ4n) is 2.51. The molecule has 2 fully saturated rings. The third-order valence-electron chi connectivity index (χ3n) is 4.02. The molecule has 0 spiro atoms. The summed E-state index contributed by atoms with van der Waals surface area (Å²) >= 11 is 0. The van der Waals surface area contributed by atoms with Crippen molar-refractivity contribution in [2.75, 3.05) is 59.9 Å². The Bertz CT molecular complexity index is 219. The highest BCUT2D eigenvalue weighted by Gasteiger charge is 2.30. The number of nitrogens with zero attached hydrogens (tertiary/aromatic N) is 3. The lowest BCUT2D eigenvalue weighted by Gasteiger charge is -2.36. The SMILES string of the molecule is CN(C)CCN1CCN(CC(N)C2CC2)CC1. The van der Waals surface area contributed by atoms with Gasteiger partial charge in [-0.25, -0.2) is 0 Å². The van der Waals surface area contributed by atoms with Crippen LogP contribution in [-0.2, 0) is 0 Å². The molecule has 0 radical (unpaired) electrons. The number of hydrogen-bond donors (Lipinski definition) is 1. The minimum Gasteiger partial charge on any atom is -0.326 e. The molecule has 4 nitrogen and oxygen atoms in total. The first kappa shape index (κ1) is 13.3. The first-order chi connectivity index (χ1) is 8.15. The quantitative estimate of drug-likeness (QED) is 0.703. The Balaban J connectivity index is 1.60. The fourth-order valence-corrected chi connectivity index (χ4v) is 2.51. The van der Waals surface area contributed by atoms with Crippen LogP contribution in [0.1, 0.15) is 12.8 Å². The topological polar surface area (TPSA) is 35.7 Å². The summed E-state index contributed by atoms with van der Waals surface area (Å²) in [6.07, 6.45) is 2.73. The Morgan fingerprint density at radius 2 is 1.71 bits per heavy atom. The Morgan fingerprint density at radius 1 is 1.12 bits per heavy atom. The highest BCUT2D eigenvalue weighted by molar-refractivity contribution is 4.87. The monoisotopic (exact) mass is 240 g/mol. The van der Waals surface area contributed by atoms with Crippen molar-refractivity contribution in [3.05, 3.63) is 0 Å². The molecule has 2 aliphatic rings. The van der Waals surface area contributed by atoms with Gasteiger partial charge in [-0.05, 0) is 32.9 Å². The van der Waals surface area contributed by atoms with Gasteiger partial charge in [-0.15, -0.1) is 0 Å². The molecular weight excluding hydrogens is 212 g/mol. The minimum absolute atomic E-state index is 0.434. The van der Waals surface area contributed by atoms with Gasteiger partial charge in [-0.3, -0.25) is 9.80 Å². The van der Waals surface area contributed by atoms with Gasteiger partial charge in [0.25, 0.3) is 0 Å². The molecular formula is C13H28N4. The largest absolute Gasteiger partial charge is 0.326 e. The van der Waals surface area contributed by atoms with Crippen molar-refractivity contribution in [3.8, 4) is 0 Å². The Morgan fingerprint density at radius 3 is 2.24 bits per heavy atom. The van der Waals surface area contributed by atoms with Crippen LogP contribution < -0.4 is 5.73 Å². The van der Waals surface area contributed by atoms with Gasteiger partial charge >= 0.3 is 0 Å². The van der Waals surface area contributed by atoms with Crippen molar-refractivity contribution in [3.63, 3.8) is 0 Å². The molecule has 1 saturated heterocycles. The third-order valence-corrected chi connectivity index (χ3v) is 4.02. The highest BCUT2D eigenvalue weighted by Crippen LogP contribution is 2.31. The normalized spacial score (nSPS) is 25.4. The smallest absolute Gasteiger partial charge is 0.0196 e. The van der Waals surface area contributed by atoms with Crippen molar-refractivity contribution in [2.24, 2.45) is 11.7 Å². The van der Waals surface area contributed by atoms with E-state index in [-0.39, 0.29) is 0 Å². The van der Waals surface area contributed by atoms with Crippen molar-refractivity contribution >= 4 is 0 Å². The van der Waals surface area contributed by atoms with E-state index < -0.39 is 0 Å². The van der Waals surface area contributed by atoms with Crippen LogP contribution in [0.15, 0.2) is 0 Å². The van der Waals surface area contributed by atoms with Crippen LogP contribution in [0.25, 0.3) is 0 Å². The van der Waals surface area contributed by atoms with Crippen LogP contribution in [0.4, 0.5) is 0 Å². The Hall–Kier alpha value is -0.160. The van der Waals surface area contributed by atoms with Gasteiger partial charge in [-0.2, -0.15) is 0 Å². The molecule has 100 valence electrons. The number of likely N-dealkylation sites (N-methyl/N-ethyl adjacent to an activating group) is 1. The second-order valence-corrected chi connectivity index (χ2v) is 5.95. The number of nitrogens with two attached hydrogens (primary N) is 1. The fraction of sp³-hybridized carbons (Fsp3) is 1.00. The van der Waals surface area contributed by atoms with E-state index in [1.165, 1.54) is 52.1 Å². The molecule has 0 aromatic carbocycles. The van der Waals surface area contributed by atoms with Crippen LogP contribution >= 0.6 is 0 Å². The van der Waals surface area contributed by atoms with E-state index >= 15 is 0 Å². The molecule has 4 heteroatoms. The summed E-state index contributed by atoms with van der Waals surface area (Å²) in [5, 5.41) is 0. The van der Waals surface area contributed by atoms with Crippen molar-refractivity contribution in [1.29, 1.82) is 0 Å². The van der Waals surface area contributed by atoms with E-state index in [0.29, 0.717) is 6.04 Å². The second kappa shape index (κ2) is 6.14. The molecule has 1 atom stereocenters. The maximum atomic E-state index is 6.18. The number of hydrogen-bond acceptors (Lipinski definition) is 4. The van der Waals surface area contributed by atoms with Crippen LogP contribution in [0, 0.1) is 5.92 Å². The molecule has 1 unspecified atom stereocenters. The van der Waals surface area contributed by atoms with Crippen LogP contribution in [0.5, 0.6) is 0 Å². The van der Waals surface area contributed by atoms with E-state index in [4.69, 9.17) is 5.73 Å². The van der Waals surface area contributed by atoms with Crippen molar-refractivity contribution in [1.82, 2.24) is 14.7 Å². The van der Waals surface area contributed by atoms with Gasteiger partial charge in [0, 0.05) is 51.9 Å². The van der Waals surface area contributed by atoms with Gasteiger partial charge in [0.1, 0.15) is 0 Å². The summed E-state index contributed by atoms with van der Waals surface area (Å²) in [7, 11) is 4.29. The lowest BCUT2D eigenvalue weighted by molar-refractivity contribution is 0.118. The number of piperazine rings is 1. The molecule has 0 bridgehead atoms. The minimum atomic E-state index is 0.434. The second-order valence-electron chi connectivity index (χ2n) is 5.95. The molecule has 1 saturated carbocycles. The van der Waals surface area contributed by atoms with Gasteiger partial charge in [0.15, 0.2) is 0 Å². The molecule has 1 aliphatic heterocycles. The molecule has 0 aromatic rings. The molecule has 0 amide bonds. The van der Waals surface area contributed by atoms with Crippen LogP contribution in [-0.4, -0.2) is 80.7 Å². The lowest BCUT2D eigenvalue weighted by Crippen LogP contribution is -2.51. The van der Waals surface area contributed by atoms with E-state index in [1.54, 1.807) is 0 Å². The average Bonchev–Trinajstić information content (AvgIpc) is 3.12. The zero-order valence-corrected chi connectivity index (χ0v) is 11.4. The first-order valence-corrected chi connectivity index (χ1v) is 7.00. The van der Waals surface area contributed by atoms with Gasteiger partial charge in [-0.1, -0.05) is 0 Å². The predicted molar refractivity (Wildman–Crippen MR) is 72.1 cm³/mol. The molecule has 2 rings (SSSR count). The summed E-state index contributed by atoms with van der Waals surface area (Å²) in [6, 6.07) is 0.434. The summed E-state index contributed by atoms with van der Waals surface area (Å²) in [5.41, 5.74) is 6.18. The molecule has 2 N–H and O–H groups in total. The van der Waals surface area contributed by atoms with Crippen molar-refractivity contribution in [2.45, 2.75) is 18.9 Å². The average molecular weight is 240 g/mol. The molecule has 17 heavy (non-hydrogen) atoms. The first-order valence-electron chi connectivity index (χ1n) is 7.00. The van der Waals surface area contributed by atoms with E-state index in [9.17, 15) is 0 Å². The zero-order valence-electron chi connectivity index (χ0n) is 11.4. The standard InChI is InChI=1S/C13H28N4/c1-15(2)5-6-16-7-9-17(10-8-16)11-13(14)12-3-4-12/h12-13H,3-11,14H2,1-2H3. The summed E-state index contributed by atoms with van der Waals surface area (Å²) < 4.78 is 0. The van der Waals surface area contributed by atoms with Gasteiger partial charge in [0.05, 0.1) is 0 Å². The van der Waals surface area contributed by atoms with Gasteiger partial charge < -0.3 is 10.6 Å². The summed E-state index contributed by atoms with van der Waals surface area (Å²) in [4.78, 5) is 7.38. The van der Waals surface area contributed by atoms with Gasteiger partial charge in [0.2, 0.25) is 0 Å². The summed E-state index contributed by atoms with van der Waals surface area (Å²) in [5.74, 6) is 0.835. The van der Waals surface area contributed by atoms with Crippen LogP contribution in [0.2, 0.25) is 0 Å². The van der Waals surface area contributed by atoms with E-state index in [1.807, 2.05) is 0 Å². The Labute approximate surface area is 106 Å². The third kappa shape index (κ3) is 4.54. The molecule has 0 aromatic heterocycles. The molecule has 1 aliphatic carbocycles. The Kier molecular flexibility index (Phi) is 4.79. The maximum absolute atomic E-state index is 6.18. The van der Waals surface area contributed by atoms with Crippen molar-refractivity contribution < 1.29 is 0 Å². The van der Waals surface area contributed by atoms with Crippen LogP contribution in [0.3, 0.4) is 0 Å². The summed E-state index contributed by atoms with van der Waals surface area (Å²) in [6.45, 7) is 8.32. The van der Waals surface area contributed by atoms with E-state index in [2.05, 4.69) is 28.8 Å². The maximum Gasteiger partial charge on any atom is 0.0196 e. The lowest BCUT2D eigenvalue weighted by atomic mass is 10.1. The zero-order chi connectivity index (χ0) is 12.3. The molecule has 1 heterocycles. The predicted octanol–water partition coefficient (Wildman–Crippen LogP) is -0.0971. The van der Waals surface area contributed by atoms with E-state index in [0.717, 1.165) is 12.5 Å².